The number of nitrogens with one attached hydrogen (secondary N) is 1. The number of amides is 1. The van der Waals surface area contributed by atoms with Crippen LogP contribution >= 0.6 is 46.3 Å². The number of thioether (sulfide) groups is 1. The molecular weight excluding hydrogens is 605 g/mol. The van der Waals surface area contributed by atoms with Crippen molar-refractivity contribution in [3.8, 4) is 17.1 Å². The fourth-order valence-corrected chi connectivity index (χ4v) is 6.64. The number of rotatable bonds is 9. The van der Waals surface area contributed by atoms with Gasteiger partial charge >= 0.3 is 0 Å². The van der Waals surface area contributed by atoms with Gasteiger partial charge in [0.25, 0.3) is 5.91 Å². The number of nitrogens with zero attached hydrogens (tertiary/aromatic N) is 4. The predicted molar refractivity (Wildman–Crippen MR) is 171 cm³/mol. The Bertz CT molecular complexity index is 1790. The summed E-state index contributed by atoms with van der Waals surface area (Å²) in [5.74, 6) is 0.876. The van der Waals surface area contributed by atoms with E-state index in [0.717, 1.165) is 27.4 Å². The normalized spacial score (nSPS) is 11.1. The lowest BCUT2D eigenvalue weighted by Gasteiger charge is -2.19. The Hall–Kier alpha value is -3.95. The first-order valence-electron chi connectivity index (χ1n) is 13.0. The summed E-state index contributed by atoms with van der Waals surface area (Å²) in [6.07, 6.45) is 0. The van der Waals surface area contributed by atoms with Crippen molar-refractivity contribution in [2.75, 3.05) is 0 Å². The maximum atomic E-state index is 13.3. The Kier molecular flexibility index (Phi) is 8.67. The van der Waals surface area contributed by atoms with Gasteiger partial charge in [0.15, 0.2) is 11.0 Å². The highest BCUT2D eigenvalue weighted by molar-refractivity contribution is 7.98. The minimum absolute atomic E-state index is 0.233. The smallest absolute Gasteiger partial charge is 0.271 e. The molecular formula is C32H23Cl2N5OS2. The number of carbonyl (C=O) groups is 1. The molecule has 0 aliphatic carbocycles. The lowest BCUT2D eigenvalue weighted by molar-refractivity contribution is 0.0938. The van der Waals surface area contributed by atoms with E-state index in [4.69, 9.17) is 23.2 Å². The van der Waals surface area contributed by atoms with Crippen LogP contribution in [-0.2, 0) is 5.75 Å². The fourth-order valence-electron chi connectivity index (χ4n) is 4.49. The molecule has 0 aliphatic rings. The Morgan fingerprint density at radius 2 is 1.55 bits per heavy atom. The van der Waals surface area contributed by atoms with Gasteiger partial charge < -0.3 is 5.32 Å². The van der Waals surface area contributed by atoms with Crippen LogP contribution in [0.15, 0.2) is 120 Å². The highest BCUT2D eigenvalue weighted by Gasteiger charge is 2.21. The lowest BCUT2D eigenvalue weighted by Crippen LogP contribution is -2.29. The van der Waals surface area contributed by atoms with E-state index in [0.29, 0.717) is 32.5 Å². The summed E-state index contributed by atoms with van der Waals surface area (Å²) in [4.78, 5) is 18.0. The lowest BCUT2D eigenvalue weighted by atomic mass is 9.98. The Labute approximate surface area is 261 Å². The van der Waals surface area contributed by atoms with Crippen LogP contribution in [0.3, 0.4) is 0 Å². The van der Waals surface area contributed by atoms with Crippen LogP contribution in [0, 0.1) is 0 Å². The Morgan fingerprint density at radius 1 is 0.857 bits per heavy atom. The van der Waals surface area contributed by atoms with Crippen LogP contribution in [0.1, 0.15) is 32.7 Å². The van der Waals surface area contributed by atoms with Crippen molar-refractivity contribution in [2.45, 2.75) is 17.0 Å². The third-order valence-corrected chi connectivity index (χ3v) is 9.00. The second-order valence-electron chi connectivity index (χ2n) is 9.24. The molecule has 0 atom stereocenters. The van der Waals surface area contributed by atoms with Gasteiger partial charge in [-0.1, -0.05) is 114 Å². The molecule has 6 nitrogen and oxygen atoms in total. The highest BCUT2D eigenvalue weighted by atomic mass is 35.5. The van der Waals surface area contributed by atoms with Crippen molar-refractivity contribution >= 4 is 52.2 Å². The van der Waals surface area contributed by atoms with Gasteiger partial charge in [-0.3, -0.25) is 9.36 Å². The fraction of sp³-hybridized carbons (Fsp3) is 0.0625. The van der Waals surface area contributed by atoms with E-state index in [1.807, 2.05) is 114 Å². The average molecular weight is 629 g/mol. The van der Waals surface area contributed by atoms with E-state index < -0.39 is 0 Å². The van der Waals surface area contributed by atoms with Gasteiger partial charge in [0, 0.05) is 16.0 Å². The topological polar surface area (TPSA) is 72.7 Å². The molecule has 1 amide bonds. The predicted octanol–water partition coefficient (Wildman–Crippen LogP) is 8.51. The maximum Gasteiger partial charge on any atom is 0.271 e. The second-order valence-corrected chi connectivity index (χ2v) is 12.0. The van der Waals surface area contributed by atoms with Gasteiger partial charge in [-0.2, -0.15) is 0 Å². The number of hydrogen-bond donors (Lipinski definition) is 1. The third kappa shape index (κ3) is 6.27. The van der Waals surface area contributed by atoms with Crippen molar-refractivity contribution < 1.29 is 4.79 Å². The summed E-state index contributed by atoms with van der Waals surface area (Å²) in [7, 11) is 0. The average Bonchev–Trinajstić information content (AvgIpc) is 3.67. The number of aromatic nitrogens is 4. The molecule has 208 valence electrons. The van der Waals surface area contributed by atoms with Crippen molar-refractivity contribution in [1.29, 1.82) is 0 Å². The Balaban J connectivity index is 1.23. The molecule has 0 spiro atoms. The first-order valence-corrected chi connectivity index (χ1v) is 15.6. The minimum atomic E-state index is -0.293. The molecule has 0 saturated heterocycles. The van der Waals surface area contributed by atoms with Crippen LogP contribution in [0.2, 0.25) is 10.0 Å². The highest BCUT2D eigenvalue weighted by Crippen LogP contribution is 2.34. The summed E-state index contributed by atoms with van der Waals surface area (Å²) < 4.78 is 1.93. The van der Waals surface area contributed by atoms with E-state index in [-0.39, 0.29) is 11.9 Å². The second kappa shape index (κ2) is 12.9. The zero-order valence-electron chi connectivity index (χ0n) is 22.0. The van der Waals surface area contributed by atoms with Crippen LogP contribution < -0.4 is 5.32 Å². The molecule has 2 aromatic heterocycles. The minimum Gasteiger partial charge on any atom is -0.340 e. The van der Waals surface area contributed by atoms with Crippen LogP contribution in [0.5, 0.6) is 0 Å². The quantitative estimate of drug-likeness (QED) is 0.163. The summed E-state index contributed by atoms with van der Waals surface area (Å²) >= 11 is 15.8. The molecule has 0 aliphatic heterocycles. The Morgan fingerprint density at radius 3 is 2.24 bits per heavy atom. The number of halogens is 2. The van der Waals surface area contributed by atoms with Crippen molar-refractivity contribution in [1.82, 2.24) is 25.1 Å². The van der Waals surface area contributed by atoms with Gasteiger partial charge in [0.1, 0.15) is 10.7 Å². The molecule has 0 bridgehead atoms. The molecule has 2 heterocycles. The van der Waals surface area contributed by atoms with Crippen molar-refractivity contribution in [2.24, 2.45) is 0 Å². The van der Waals surface area contributed by atoms with Gasteiger partial charge in [0.05, 0.1) is 22.5 Å². The van der Waals surface area contributed by atoms with Gasteiger partial charge in [-0.15, -0.1) is 21.5 Å². The largest absolute Gasteiger partial charge is 0.340 e. The van der Waals surface area contributed by atoms with Gasteiger partial charge in [-0.25, -0.2) is 4.98 Å². The summed E-state index contributed by atoms with van der Waals surface area (Å²) in [6.45, 7) is 0. The van der Waals surface area contributed by atoms with Crippen LogP contribution in [0.25, 0.3) is 17.1 Å². The number of hydrogen-bond acceptors (Lipinski definition) is 6. The van der Waals surface area contributed by atoms with Gasteiger partial charge in [-0.05, 0) is 41.5 Å². The third-order valence-electron chi connectivity index (χ3n) is 6.46. The number of carbonyl (C=O) groups excluding carboxylic acids is 1. The van der Waals surface area contributed by atoms with Crippen LogP contribution in [-0.4, -0.2) is 25.7 Å². The van der Waals surface area contributed by atoms with E-state index in [1.54, 1.807) is 5.38 Å². The molecule has 6 aromatic rings. The number of thiazole rings is 1. The van der Waals surface area contributed by atoms with Crippen LogP contribution in [0.4, 0.5) is 0 Å². The summed E-state index contributed by atoms with van der Waals surface area (Å²) in [5, 5.41) is 16.5. The van der Waals surface area contributed by atoms with E-state index in [2.05, 4.69) is 20.5 Å². The van der Waals surface area contributed by atoms with E-state index >= 15 is 0 Å². The molecule has 0 radical (unpaired) electrons. The van der Waals surface area contributed by atoms with Gasteiger partial charge in [0.2, 0.25) is 0 Å². The SMILES string of the molecule is O=C(NC(c1ccccc1)c1ccccc1)c1csc(CSc2nnc(-c3ccccc3Cl)n2-c2cccc(Cl)c2)n1. The van der Waals surface area contributed by atoms with E-state index in [1.165, 1.54) is 23.1 Å². The molecule has 10 heteroatoms. The molecule has 0 unspecified atom stereocenters. The molecule has 1 N–H and O–H groups in total. The molecule has 4 aromatic carbocycles. The molecule has 42 heavy (non-hydrogen) atoms. The molecule has 0 saturated carbocycles. The summed E-state index contributed by atoms with van der Waals surface area (Å²) in [6, 6.07) is 34.5. The zero-order valence-corrected chi connectivity index (χ0v) is 25.2. The monoisotopic (exact) mass is 627 g/mol. The standard InChI is InChI=1S/C32H23Cl2N5OS2/c33-23-14-9-15-24(18-23)39-30(25-16-7-8-17-26(25)34)37-38-32(39)42-20-28-35-27(19-41-28)31(40)36-29(21-10-3-1-4-11-21)22-12-5-2-6-13-22/h1-19,29H,20H2,(H,36,40). The zero-order chi connectivity index (χ0) is 28.9. The van der Waals surface area contributed by atoms with Crippen molar-refractivity contribution in [3.63, 3.8) is 0 Å². The number of benzene rings is 4. The summed E-state index contributed by atoms with van der Waals surface area (Å²) in [5.41, 5.74) is 3.95. The molecule has 6 rings (SSSR count). The molecule has 0 fully saturated rings. The first-order chi connectivity index (χ1) is 20.6. The maximum absolute atomic E-state index is 13.3. The van der Waals surface area contributed by atoms with Crippen molar-refractivity contribution in [3.05, 3.63) is 146 Å². The van der Waals surface area contributed by atoms with E-state index in [9.17, 15) is 4.79 Å². The first kappa shape index (κ1) is 28.2.